The van der Waals surface area contributed by atoms with E-state index in [1.54, 1.807) is 0 Å². The van der Waals surface area contributed by atoms with Gasteiger partial charge in [-0.15, -0.1) is 0 Å². The summed E-state index contributed by atoms with van der Waals surface area (Å²) in [6.45, 7) is 4.90. The Morgan fingerprint density at radius 1 is 0.543 bits per heavy atom. The smallest absolute Gasteiger partial charge is 0.160 e. The van der Waals surface area contributed by atoms with Crippen LogP contribution in [0.5, 0.6) is 0 Å². The van der Waals surface area contributed by atoms with E-state index in [9.17, 15) is 0 Å². The molecule has 1 aliphatic heterocycles. The fourth-order valence-corrected chi connectivity index (χ4v) is 10.2. The summed E-state index contributed by atoms with van der Waals surface area (Å²) in [5.41, 5.74) is 10.7. The third-order valence-corrected chi connectivity index (χ3v) is 13.0. The maximum Gasteiger partial charge on any atom is 0.160 e. The molecule has 3 heterocycles. The number of nitrogens with zero attached hydrogens (tertiary/aromatic N) is 4. The van der Waals surface area contributed by atoms with E-state index < -0.39 is 8.07 Å². The average molecular weight is 607 g/mol. The molecule has 0 saturated heterocycles. The predicted octanol–water partition coefficient (Wildman–Crippen LogP) is 8.77. The van der Waals surface area contributed by atoms with Gasteiger partial charge in [-0.2, -0.15) is 0 Å². The fourth-order valence-electron chi connectivity index (χ4n) is 7.18. The zero-order chi connectivity index (χ0) is 30.8. The molecule has 0 amide bonds. The van der Waals surface area contributed by atoms with Gasteiger partial charge in [0.1, 0.15) is 13.9 Å². The Morgan fingerprint density at radius 3 is 2.09 bits per heavy atom. The van der Waals surface area contributed by atoms with Gasteiger partial charge in [-0.05, 0) is 46.3 Å². The average Bonchev–Trinajstić information content (AvgIpc) is 3.62. The van der Waals surface area contributed by atoms with E-state index in [0.717, 1.165) is 55.8 Å². The Bertz CT molecular complexity index is 2450. The largest absolute Gasteiger partial charge is 0.292 e. The van der Waals surface area contributed by atoms with Gasteiger partial charge in [-0.1, -0.05) is 128 Å². The lowest BCUT2D eigenvalue weighted by Crippen LogP contribution is -2.49. The molecule has 0 bridgehead atoms. The fraction of sp³-hybridized carbons (Fsp3) is 0.0488. The van der Waals surface area contributed by atoms with E-state index in [-0.39, 0.29) is 0 Å². The van der Waals surface area contributed by atoms with Crippen LogP contribution < -0.4 is 10.4 Å². The number of para-hydroxylation sites is 3. The number of hydrogen-bond donors (Lipinski definition) is 0. The molecular formula is C41H30N4Si. The molecule has 0 unspecified atom stereocenters. The van der Waals surface area contributed by atoms with Crippen molar-refractivity contribution in [3.05, 3.63) is 146 Å². The quantitative estimate of drug-likeness (QED) is 0.188. The maximum atomic E-state index is 5.41. The molecule has 5 heteroatoms. The third-order valence-electron chi connectivity index (χ3n) is 9.41. The van der Waals surface area contributed by atoms with E-state index in [2.05, 4.69) is 151 Å². The zero-order valence-electron chi connectivity index (χ0n) is 25.6. The van der Waals surface area contributed by atoms with E-state index in [1.807, 2.05) is 12.1 Å². The summed E-state index contributed by atoms with van der Waals surface area (Å²) in [5.74, 6) is 1.61. The monoisotopic (exact) mass is 606 g/mol. The number of fused-ring (bicyclic) bond motifs is 6. The van der Waals surface area contributed by atoms with Crippen LogP contribution in [0.25, 0.3) is 72.8 Å². The van der Waals surface area contributed by atoms with Gasteiger partial charge in [0.05, 0.1) is 22.2 Å². The lowest BCUT2D eigenvalue weighted by atomic mass is 9.98. The first-order valence-corrected chi connectivity index (χ1v) is 18.7. The van der Waals surface area contributed by atoms with E-state index in [4.69, 9.17) is 15.0 Å². The maximum absolute atomic E-state index is 5.41. The van der Waals surface area contributed by atoms with Gasteiger partial charge in [0, 0.05) is 33.3 Å². The Balaban J connectivity index is 1.30. The van der Waals surface area contributed by atoms with Crippen molar-refractivity contribution in [2.45, 2.75) is 13.1 Å². The highest BCUT2D eigenvalue weighted by atomic mass is 28.3. The molecule has 0 saturated carbocycles. The van der Waals surface area contributed by atoms with Crippen molar-refractivity contribution in [2.24, 2.45) is 0 Å². The van der Waals surface area contributed by atoms with Gasteiger partial charge in [0.2, 0.25) is 0 Å². The summed E-state index contributed by atoms with van der Waals surface area (Å²) in [6, 6.07) is 51.3. The van der Waals surface area contributed by atoms with Crippen molar-refractivity contribution in [3.63, 3.8) is 0 Å². The predicted molar refractivity (Wildman–Crippen MR) is 193 cm³/mol. The van der Waals surface area contributed by atoms with Gasteiger partial charge in [-0.3, -0.25) is 4.57 Å². The van der Waals surface area contributed by atoms with Crippen molar-refractivity contribution < 1.29 is 0 Å². The molecule has 0 spiro atoms. The SMILES string of the molecule is C[Si]1(C)c2ccccc2-c2c1ccc1c(-c3ccccc3)nc(-c3cccc(-c4nc5ccccc5n4-c4ccccc4)c3)nc21. The van der Waals surface area contributed by atoms with E-state index in [0.29, 0.717) is 5.82 Å². The summed E-state index contributed by atoms with van der Waals surface area (Å²) in [7, 11) is -1.87. The normalized spacial score (nSPS) is 13.2. The number of aromatic nitrogens is 4. The van der Waals surface area contributed by atoms with Crippen LogP contribution in [-0.2, 0) is 0 Å². The minimum atomic E-state index is -1.87. The molecule has 0 fully saturated rings. The third kappa shape index (κ3) is 4.02. The van der Waals surface area contributed by atoms with Gasteiger partial charge in [0.15, 0.2) is 5.82 Å². The summed E-state index contributed by atoms with van der Waals surface area (Å²) >= 11 is 0. The summed E-state index contributed by atoms with van der Waals surface area (Å²) in [6.07, 6.45) is 0. The lowest BCUT2D eigenvalue weighted by molar-refractivity contribution is 1.10. The molecule has 0 atom stereocenters. The molecule has 0 radical (unpaired) electrons. The molecule has 8 aromatic rings. The minimum absolute atomic E-state index is 0.716. The van der Waals surface area contributed by atoms with Crippen LogP contribution in [0, 0.1) is 0 Å². The Labute approximate surface area is 268 Å². The summed E-state index contributed by atoms with van der Waals surface area (Å²) in [5, 5.41) is 3.99. The van der Waals surface area contributed by atoms with Gasteiger partial charge in [-0.25, -0.2) is 15.0 Å². The van der Waals surface area contributed by atoms with Crippen molar-refractivity contribution in [1.82, 2.24) is 19.5 Å². The van der Waals surface area contributed by atoms with Crippen molar-refractivity contribution in [3.8, 4) is 50.8 Å². The molecule has 2 aromatic heterocycles. The Morgan fingerprint density at radius 2 is 1.24 bits per heavy atom. The Kier molecular flexibility index (Phi) is 5.92. The highest BCUT2D eigenvalue weighted by molar-refractivity contribution is 7.04. The van der Waals surface area contributed by atoms with Gasteiger partial charge >= 0.3 is 0 Å². The van der Waals surface area contributed by atoms with Gasteiger partial charge < -0.3 is 0 Å². The first kappa shape index (κ1) is 26.7. The molecule has 6 aromatic carbocycles. The first-order chi connectivity index (χ1) is 22.6. The topological polar surface area (TPSA) is 43.6 Å². The van der Waals surface area contributed by atoms with Gasteiger partial charge in [0.25, 0.3) is 0 Å². The molecule has 1 aliphatic rings. The molecule has 0 aliphatic carbocycles. The molecule has 218 valence electrons. The van der Waals surface area contributed by atoms with Crippen molar-refractivity contribution in [2.75, 3.05) is 0 Å². The zero-order valence-corrected chi connectivity index (χ0v) is 26.6. The number of rotatable bonds is 4. The molecule has 0 N–H and O–H groups in total. The lowest BCUT2D eigenvalue weighted by Gasteiger charge is -2.19. The highest BCUT2D eigenvalue weighted by Crippen LogP contribution is 2.38. The van der Waals surface area contributed by atoms with Crippen LogP contribution in [0.2, 0.25) is 13.1 Å². The van der Waals surface area contributed by atoms with Crippen LogP contribution in [-0.4, -0.2) is 27.6 Å². The second-order valence-corrected chi connectivity index (χ2v) is 16.8. The van der Waals surface area contributed by atoms with Crippen molar-refractivity contribution in [1.29, 1.82) is 0 Å². The van der Waals surface area contributed by atoms with E-state index in [1.165, 1.54) is 21.5 Å². The van der Waals surface area contributed by atoms with Crippen molar-refractivity contribution >= 4 is 40.4 Å². The van der Waals surface area contributed by atoms with Crippen LogP contribution in [0.1, 0.15) is 0 Å². The molecule has 4 nitrogen and oxygen atoms in total. The molecule has 46 heavy (non-hydrogen) atoms. The standard InChI is InChI=1S/C41H30N4Si/c1-46(2)35-23-12-9-20-31(35)37-36(46)25-24-32-38(27-14-5-3-6-15-27)43-40(44-39(32)37)28-16-13-17-29(26-28)41-42-33-21-10-11-22-34(33)45(41)30-18-7-4-8-19-30/h3-26H,1-2H3. The second-order valence-electron chi connectivity index (χ2n) is 12.5. The second kappa shape index (κ2) is 10.2. The number of hydrogen-bond acceptors (Lipinski definition) is 3. The minimum Gasteiger partial charge on any atom is -0.292 e. The van der Waals surface area contributed by atoms with Crippen LogP contribution in [0.15, 0.2) is 146 Å². The van der Waals surface area contributed by atoms with Crippen LogP contribution >= 0.6 is 0 Å². The van der Waals surface area contributed by atoms with Crippen LogP contribution in [0.3, 0.4) is 0 Å². The number of benzene rings is 6. The molecular weight excluding hydrogens is 577 g/mol. The van der Waals surface area contributed by atoms with E-state index >= 15 is 0 Å². The first-order valence-electron chi connectivity index (χ1n) is 15.7. The number of imidazole rings is 1. The summed E-state index contributed by atoms with van der Waals surface area (Å²) < 4.78 is 2.24. The highest BCUT2D eigenvalue weighted by Gasteiger charge is 2.38. The summed E-state index contributed by atoms with van der Waals surface area (Å²) in [4.78, 5) is 15.8. The molecule has 9 rings (SSSR count). The van der Waals surface area contributed by atoms with Crippen LogP contribution in [0.4, 0.5) is 0 Å². The Hall–Kier alpha value is -5.65.